The van der Waals surface area contributed by atoms with E-state index in [9.17, 15) is 14.4 Å². The van der Waals surface area contributed by atoms with Crippen molar-refractivity contribution in [3.8, 4) is 0 Å². The van der Waals surface area contributed by atoms with Crippen LogP contribution in [0.1, 0.15) is 48.0 Å². The van der Waals surface area contributed by atoms with Crippen LogP contribution in [0.15, 0.2) is 0 Å². The number of hydrogen-bond donors (Lipinski definition) is 0. The number of rotatable bonds is 2. The van der Waals surface area contributed by atoms with Gasteiger partial charge in [0.25, 0.3) is 0 Å². The highest BCUT2D eigenvalue weighted by Crippen LogP contribution is 2.16. The monoisotopic (exact) mass is 314 g/mol. The van der Waals surface area contributed by atoms with Crippen molar-refractivity contribution in [3.63, 3.8) is 0 Å². The molecule has 1 saturated heterocycles. The van der Waals surface area contributed by atoms with E-state index in [1.807, 2.05) is 0 Å². The molecule has 0 saturated carbocycles. The molecule has 0 bridgehead atoms. The van der Waals surface area contributed by atoms with Crippen molar-refractivity contribution in [2.24, 2.45) is 0 Å². The van der Waals surface area contributed by atoms with E-state index in [-0.39, 0.29) is 19.0 Å². The van der Waals surface area contributed by atoms with Gasteiger partial charge in [0, 0.05) is 13.0 Å². The Balaban J connectivity index is 2.82. The molecule has 0 N–H and O–H groups in total. The summed E-state index contributed by atoms with van der Waals surface area (Å²) in [5.41, 5.74) is -1.45. The third-order valence-corrected chi connectivity index (χ3v) is 2.68. The number of ether oxygens (including phenoxy) is 2. The Morgan fingerprint density at radius 3 is 1.82 bits per heavy atom. The molecule has 7 nitrogen and oxygen atoms in total. The summed E-state index contributed by atoms with van der Waals surface area (Å²) in [6.07, 6.45) is -1.13. The van der Waals surface area contributed by atoms with E-state index in [1.165, 1.54) is 0 Å². The maximum absolute atomic E-state index is 12.2. The second kappa shape index (κ2) is 6.64. The van der Waals surface area contributed by atoms with Crippen molar-refractivity contribution in [1.29, 1.82) is 0 Å². The molecule has 0 aromatic heterocycles. The van der Waals surface area contributed by atoms with Crippen LogP contribution < -0.4 is 0 Å². The summed E-state index contributed by atoms with van der Waals surface area (Å²) in [6.45, 7) is 11.0. The first kappa shape index (κ1) is 18.4. The van der Waals surface area contributed by atoms with E-state index in [2.05, 4.69) is 0 Å². The Morgan fingerprint density at radius 1 is 1.05 bits per heavy atom. The first-order chi connectivity index (χ1) is 9.87. The van der Waals surface area contributed by atoms with Gasteiger partial charge in [0.2, 0.25) is 0 Å². The van der Waals surface area contributed by atoms with Crippen molar-refractivity contribution in [2.75, 3.05) is 19.8 Å². The number of carbonyl (C=O) groups excluding carboxylic acids is 3. The van der Waals surface area contributed by atoms with E-state index in [0.29, 0.717) is 13.0 Å². The van der Waals surface area contributed by atoms with Gasteiger partial charge >= 0.3 is 12.2 Å². The molecule has 1 aliphatic rings. The third kappa shape index (κ3) is 6.43. The fourth-order valence-corrected chi connectivity index (χ4v) is 1.84. The molecule has 126 valence electrons. The molecule has 0 radical (unpaired) electrons. The molecule has 0 unspecified atom stereocenters. The lowest BCUT2D eigenvalue weighted by molar-refractivity contribution is -0.117. The molecular weight excluding hydrogens is 288 g/mol. The highest BCUT2D eigenvalue weighted by Gasteiger charge is 2.33. The van der Waals surface area contributed by atoms with Crippen molar-refractivity contribution < 1.29 is 23.9 Å². The van der Waals surface area contributed by atoms with Crippen molar-refractivity contribution in [2.45, 2.75) is 59.2 Å². The van der Waals surface area contributed by atoms with Gasteiger partial charge in [-0.3, -0.25) is 9.69 Å². The summed E-state index contributed by atoms with van der Waals surface area (Å²) in [5.74, 6) is 0.0910. The summed E-state index contributed by atoms with van der Waals surface area (Å²) in [5, 5.41) is 0. The van der Waals surface area contributed by atoms with Gasteiger partial charge in [-0.05, 0) is 41.5 Å². The normalized spacial score (nSPS) is 16.5. The van der Waals surface area contributed by atoms with Gasteiger partial charge < -0.3 is 9.47 Å². The molecule has 1 rings (SSSR count). The van der Waals surface area contributed by atoms with Crippen LogP contribution in [0.3, 0.4) is 0 Å². The lowest BCUT2D eigenvalue weighted by Gasteiger charge is -2.30. The molecule has 7 heteroatoms. The second-order valence-corrected chi connectivity index (χ2v) is 7.37. The zero-order valence-corrected chi connectivity index (χ0v) is 14.3. The zero-order valence-electron chi connectivity index (χ0n) is 14.3. The summed E-state index contributed by atoms with van der Waals surface area (Å²) < 4.78 is 10.5. The van der Waals surface area contributed by atoms with E-state index in [0.717, 1.165) is 4.90 Å². The Hall–Kier alpha value is -1.63. The molecule has 1 fully saturated rings. The largest absolute Gasteiger partial charge is 0.443 e. The summed E-state index contributed by atoms with van der Waals surface area (Å²) in [7, 11) is 0. The van der Waals surface area contributed by atoms with Crippen LogP contribution >= 0.6 is 0 Å². The Kier molecular flexibility index (Phi) is 5.56. The molecule has 0 spiro atoms. The van der Waals surface area contributed by atoms with E-state index in [4.69, 9.17) is 9.47 Å². The second-order valence-electron chi connectivity index (χ2n) is 7.37. The van der Waals surface area contributed by atoms with Gasteiger partial charge in [-0.2, -0.15) is 4.90 Å². The first-order valence-electron chi connectivity index (χ1n) is 7.35. The summed E-state index contributed by atoms with van der Waals surface area (Å²) in [4.78, 5) is 38.4. The molecule has 1 aliphatic heterocycles. The Labute approximate surface area is 131 Å². The Bertz CT molecular complexity index is 420. The molecule has 0 aromatic carbocycles. The third-order valence-electron chi connectivity index (χ3n) is 2.68. The maximum Gasteiger partial charge on any atom is 0.420 e. The SMILES string of the molecule is CC(C)(C)OC(=O)N(CN1CCC(=O)C1)C(=O)OC(C)(C)C. The molecule has 2 amide bonds. The quantitative estimate of drug-likeness (QED) is 0.779. The maximum atomic E-state index is 12.2. The van der Waals surface area contributed by atoms with Crippen LogP contribution in [0, 0.1) is 0 Å². The average Bonchev–Trinajstić information content (AvgIpc) is 2.66. The smallest absolute Gasteiger partial charge is 0.420 e. The number of carbonyl (C=O) groups is 3. The minimum atomic E-state index is -0.777. The van der Waals surface area contributed by atoms with Gasteiger partial charge in [-0.25, -0.2) is 9.59 Å². The predicted molar refractivity (Wildman–Crippen MR) is 80.4 cm³/mol. The van der Waals surface area contributed by atoms with E-state index >= 15 is 0 Å². The van der Waals surface area contributed by atoms with E-state index in [1.54, 1.807) is 46.4 Å². The van der Waals surface area contributed by atoms with Gasteiger partial charge in [0.1, 0.15) is 17.0 Å². The number of amides is 2. The highest BCUT2D eigenvalue weighted by molar-refractivity contribution is 5.88. The van der Waals surface area contributed by atoms with E-state index < -0.39 is 23.4 Å². The van der Waals surface area contributed by atoms with Gasteiger partial charge in [0.05, 0.1) is 13.2 Å². The van der Waals surface area contributed by atoms with Gasteiger partial charge in [0.15, 0.2) is 0 Å². The zero-order chi connectivity index (χ0) is 17.1. The number of hydrogen-bond acceptors (Lipinski definition) is 6. The fourth-order valence-electron chi connectivity index (χ4n) is 1.84. The topological polar surface area (TPSA) is 76.2 Å². The van der Waals surface area contributed by atoms with Crippen molar-refractivity contribution in [1.82, 2.24) is 9.80 Å². The molecule has 1 heterocycles. The Morgan fingerprint density at radius 2 is 1.50 bits per heavy atom. The average molecular weight is 314 g/mol. The van der Waals surface area contributed by atoms with Crippen molar-refractivity contribution >= 4 is 18.0 Å². The number of Topliss-reactive ketones (excluding diaryl/α,β-unsaturated/α-hetero) is 1. The number of likely N-dealkylation sites (tertiary alicyclic amines) is 1. The van der Waals surface area contributed by atoms with Crippen LogP contribution in [-0.4, -0.2) is 58.7 Å². The number of nitrogens with zero attached hydrogens (tertiary/aromatic N) is 2. The van der Waals surface area contributed by atoms with Crippen LogP contribution in [0.5, 0.6) is 0 Å². The fraction of sp³-hybridized carbons (Fsp3) is 0.800. The highest BCUT2D eigenvalue weighted by atomic mass is 16.6. The minimum Gasteiger partial charge on any atom is -0.443 e. The number of ketones is 1. The molecular formula is C15H26N2O5. The van der Waals surface area contributed by atoms with Gasteiger partial charge in [-0.15, -0.1) is 0 Å². The van der Waals surface area contributed by atoms with Crippen LogP contribution in [0.2, 0.25) is 0 Å². The standard InChI is InChI=1S/C15H26N2O5/c1-14(2,3)21-12(19)17(13(20)22-15(4,5)6)10-16-8-7-11(18)9-16/h7-10H2,1-6H3. The molecule has 22 heavy (non-hydrogen) atoms. The van der Waals surface area contributed by atoms with Crippen LogP contribution in [0.25, 0.3) is 0 Å². The summed E-state index contributed by atoms with van der Waals surface area (Å²) >= 11 is 0. The minimum absolute atomic E-state index is 0.0183. The van der Waals surface area contributed by atoms with Crippen LogP contribution in [0.4, 0.5) is 9.59 Å². The van der Waals surface area contributed by atoms with Crippen LogP contribution in [-0.2, 0) is 14.3 Å². The lowest BCUT2D eigenvalue weighted by atomic mass is 10.2. The predicted octanol–water partition coefficient (Wildman–Crippen LogP) is 2.39. The summed E-state index contributed by atoms with van der Waals surface area (Å²) in [6, 6.07) is 0. The van der Waals surface area contributed by atoms with Crippen molar-refractivity contribution in [3.05, 3.63) is 0 Å². The first-order valence-corrected chi connectivity index (χ1v) is 7.35. The lowest BCUT2D eigenvalue weighted by Crippen LogP contribution is -2.48. The molecule has 0 atom stereocenters. The molecule has 0 aromatic rings. The molecule has 0 aliphatic carbocycles. The van der Waals surface area contributed by atoms with Gasteiger partial charge in [-0.1, -0.05) is 0 Å². The number of imide groups is 1.